The number of nitrogens with zero attached hydrogens (tertiary/aromatic N) is 1. The number of amides is 1. The molecule has 23 heavy (non-hydrogen) atoms. The van der Waals surface area contributed by atoms with Crippen molar-refractivity contribution in [2.24, 2.45) is 5.73 Å². The van der Waals surface area contributed by atoms with Gasteiger partial charge in [0.05, 0.1) is 17.1 Å². The van der Waals surface area contributed by atoms with Gasteiger partial charge >= 0.3 is 0 Å². The first kappa shape index (κ1) is 17.9. The Hall–Kier alpha value is -1.48. The van der Waals surface area contributed by atoms with Gasteiger partial charge in [-0.3, -0.25) is 9.69 Å². The van der Waals surface area contributed by atoms with Crippen molar-refractivity contribution in [1.29, 1.82) is 0 Å². The van der Waals surface area contributed by atoms with Gasteiger partial charge in [0.15, 0.2) is 0 Å². The number of benzene rings is 1. The molecule has 0 aromatic heterocycles. The van der Waals surface area contributed by atoms with Crippen LogP contribution in [0.1, 0.15) is 24.2 Å². The molecule has 0 saturated carbocycles. The van der Waals surface area contributed by atoms with Crippen LogP contribution in [0.5, 0.6) is 0 Å². The molecule has 0 radical (unpaired) electrons. The van der Waals surface area contributed by atoms with Gasteiger partial charge in [-0.1, -0.05) is 0 Å². The van der Waals surface area contributed by atoms with Crippen LogP contribution in [0, 0.1) is 0 Å². The van der Waals surface area contributed by atoms with Gasteiger partial charge in [-0.2, -0.15) is 0 Å². The molecule has 1 amide bonds. The van der Waals surface area contributed by atoms with Crippen LogP contribution in [0.3, 0.4) is 0 Å². The van der Waals surface area contributed by atoms with Crippen molar-refractivity contribution in [3.8, 4) is 0 Å². The maximum absolute atomic E-state index is 12.2. The van der Waals surface area contributed by atoms with Gasteiger partial charge < -0.3 is 10.5 Å². The molecule has 1 aromatic rings. The zero-order valence-corrected chi connectivity index (χ0v) is 14.2. The third-order valence-corrected chi connectivity index (χ3v) is 5.14. The number of sulfonamides is 1. The van der Waals surface area contributed by atoms with E-state index in [1.165, 1.54) is 24.3 Å². The van der Waals surface area contributed by atoms with Crippen LogP contribution in [0.15, 0.2) is 29.2 Å². The summed E-state index contributed by atoms with van der Waals surface area (Å²) >= 11 is 0. The monoisotopic (exact) mass is 341 g/mol. The summed E-state index contributed by atoms with van der Waals surface area (Å²) in [6, 6.07) is 5.56. The Morgan fingerprint density at radius 1 is 1.26 bits per heavy atom. The minimum absolute atomic E-state index is 0.117. The average molecular weight is 341 g/mol. The van der Waals surface area contributed by atoms with Crippen LogP contribution in [0.2, 0.25) is 0 Å². The first-order chi connectivity index (χ1) is 10.8. The highest BCUT2D eigenvalue weighted by Gasteiger charge is 2.22. The highest BCUT2D eigenvalue weighted by atomic mass is 32.2. The van der Waals surface area contributed by atoms with Crippen molar-refractivity contribution in [2.45, 2.75) is 31.0 Å². The van der Waals surface area contributed by atoms with E-state index in [1.807, 2.05) is 13.8 Å². The summed E-state index contributed by atoms with van der Waals surface area (Å²) in [4.78, 5) is 13.3. The Kier molecular flexibility index (Phi) is 5.74. The Morgan fingerprint density at radius 3 is 2.35 bits per heavy atom. The Balaban J connectivity index is 1.90. The number of rotatable bonds is 6. The second-order valence-electron chi connectivity index (χ2n) is 5.80. The third kappa shape index (κ3) is 5.00. The number of hydrogen-bond donors (Lipinski definition) is 2. The summed E-state index contributed by atoms with van der Waals surface area (Å²) in [6.07, 6.45) is 0.299. The SMILES string of the molecule is CC1CN(CCNS(=O)(=O)c2ccc(C(N)=O)cc2)CC(C)O1. The lowest BCUT2D eigenvalue weighted by atomic mass is 10.2. The third-order valence-electron chi connectivity index (χ3n) is 3.66. The molecule has 2 unspecified atom stereocenters. The van der Waals surface area contributed by atoms with Gasteiger partial charge in [0.2, 0.25) is 15.9 Å². The van der Waals surface area contributed by atoms with Crippen LogP contribution >= 0.6 is 0 Å². The van der Waals surface area contributed by atoms with Crippen LogP contribution < -0.4 is 10.5 Å². The number of carbonyl (C=O) groups is 1. The van der Waals surface area contributed by atoms with Gasteiger partial charge in [-0.15, -0.1) is 0 Å². The van der Waals surface area contributed by atoms with Crippen molar-refractivity contribution in [3.63, 3.8) is 0 Å². The van der Waals surface area contributed by atoms with E-state index in [4.69, 9.17) is 10.5 Å². The molecular formula is C15H23N3O4S. The number of ether oxygens (including phenoxy) is 1. The number of carbonyl (C=O) groups excluding carboxylic acids is 1. The molecule has 2 atom stereocenters. The molecule has 0 spiro atoms. The molecule has 128 valence electrons. The first-order valence-electron chi connectivity index (χ1n) is 7.55. The van der Waals surface area contributed by atoms with Crippen molar-refractivity contribution >= 4 is 15.9 Å². The van der Waals surface area contributed by atoms with Crippen molar-refractivity contribution in [2.75, 3.05) is 26.2 Å². The molecule has 1 aliphatic rings. The standard InChI is InChI=1S/C15H23N3O4S/c1-11-9-18(10-12(2)22-11)8-7-17-23(20,21)14-5-3-13(4-6-14)15(16)19/h3-6,11-12,17H,7-10H2,1-2H3,(H2,16,19). The largest absolute Gasteiger partial charge is 0.373 e. The fraction of sp³-hybridized carbons (Fsp3) is 0.533. The van der Waals surface area contributed by atoms with Gasteiger partial charge in [0, 0.05) is 31.7 Å². The highest BCUT2D eigenvalue weighted by molar-refractivity contribution is 7.89. The molecule has 1 aromatic carbocycles. The topological polar surface area (TPSA) is 102 Å². The summed E-state index contributed by atoms with van der Waals surface area (Å²) in [6.45, 7) is 6.54. The number of morpholine rings is 1. The molecule has 3 N–H and O–H groups in total. The summed E-state index contributed by atoms with van der Waals surface area (Å²) in [5, 5.41) is 0. The fourth-order valence-corrected chi connectivity index (χ4v) is 3.71. The normalized spacial score (nSPS) is 22.9. The van der Waals surface area contributed by atoms with Crippen LogP contribution in [-0.2, 0) is 14.8 Å². The molecule has 1 saturated heterocycles. The zero-order chi connectivity index (χ0) is 17.0. The molecule has 8 heteroatoms. The van der Waals surface area contributed by atoms with E-state index in [0.29, 0.717) is 13.1 Å². The molecule has 1 heterocycles. The van der Waals surface area contributed by atoms with E-state index < -0.39 is 15.9 Å². The number of nitrogens with one attached hydrogen (secondary N) is 1. The second-order valence-corrected chi connectivity index (χ2v) is 7.57. The maximum Gasteiger partial charge on any atom is 0.248 e. The van der Waals surface area contributed by atoms with E-state index in [9.17, 15) is 13.2 Å². The summed E-state index contributed by atoms with van der Waals surface area (Å²) in [5.41, 5.74) is 5.42. The molecule has 2 rings (SSSR count). The summed E-state index contributed by atoms with van der Waals surface area (Å²) < 4.78 is 32.6. The average Bonchev–Trinajstić information content (AvgIpc) is 2.46. The van der Waals surface area contributed by atoms with E-state index in [0.717, 1.165) is 13.1 Å². The molecule has 0 aliphatic carbocycles. The Bertz CT molecular complexity index is 635. The van der Waals surface area contributed by atoms with E-state index >= 15 is 0 Å². The predicted molar refractivity (Wildman–Crippen MR) is 86.6 cm³/mol. The minimum atomic E-state index is -3.59. The lowest BCUT2D eigenvalue weighted by molar-refractivity contribution is -0.0671. The maximum atomic E-state index is 12.2. The van der Waals surface area contributed by atoms with Gasteiger partial charge in [-0.25, -0.2) is 13.1 Å². The molecule has 1 aliphatic heterocycles. The predicted octanol–water partition coefficient (Wildman–Crippen LogP) is 0.173. The van der Waals surface area contributed by atoms with E-state index in [-0.39, 0.29) is 22.7 Å². The quantitative estimate of drug-likeness (QED) is 0.768. The summed E-state index contributed by atoms with van der Waals surface area (Å²) in [5.74, 6) is -0.586. The van der Waals surface area contributed by atoms with Crippen LogP contribution in [0.25, 0.3) is 0 Å². The second kappa shape index (κ2) is 7.39. The van der Waals surface area contributed by atoms with E-state index in [1.54, 1.807) is 0 Å². The van der Waals surface area contributed by atoms with Gasteiger partial charge in [0.1, 0.15) is 0 Å². The fourth-order valence-electron chi connectivity index (χ4n) is 2.69. The molecule has 1 fully saturated rings. The molecule has 7 nitrogen and oxygen atoms in total. The Morgan fingerprint density at radius 2 is 1.83 bits per heavy atom. The van der Waals surface area contributed by atoms with Crippen LogP contribution in [-0.4, -0.2) is 57.6 Å². The van der Waals surface area contributed by atoms with Crippen molar-refractivity contribution in [3.05, 3.63) is 29.8 Å². The number of hydrogen-bond acceptors (Lipinski definition) is 5. The zero-order valence-electron chi connectivity index (χ0n) is 13.4. The van der Waals surface area contributed by atoms with E-state index in [2.05, 4.69) is 9.62 Å². The van der Waals surface area contributed by atoms with Gasteiger partial charge in [-0.05, 0) is 38.1 Å². The Labute approximate surface area is 136 Å². The molecule has 0 bridgehead atoms. The number of nitrogens with two attached hydrogens (primary N) is 1. The van der Waals surface area contributed by atoms with Crippen molar-refractivity contribution < 1.29 is 17.9 Å². The highest BCUT2D eigenvalue weighted by Crippen LogP contribution is 2.11. The smallest absolute Gasteiger partial charge is 0.248 e. The lowest BCUT2D eigenvalue weighted by Gasteiger charge is -2.35. The van der Waals surface area contributed by atoms with Crippen molar-refractivity contribution in [1.82, 2.24) is 9.62 Å². The first-order valence-corrected chi connectivity index (χ1v) is 9.03. The lowest BCUT2D eigenvalue weighted by Crippen LogP contribution is -2.47. The number of primary amides is 1. The van der Waals surface area contributed by atoms with Crippen LogP contribution in [0.4, 0.5) is 0 Å². The summed E-state index contributed by atoms with van der Waals surface area (Å²) in [7, 11) is -3.59. The molecular weight excluding hydrogens is 318 g/mol. The minimum Gasteiger partial charge on any atom is -0.373 e. The van der Waals surface area contributed by atoms with Gasteiger partial charge in [0.25, 0.3) is 0 Å².